The Bertz CT molecular complexity index is 1180. The van der Waals surface area contributed by atoms with Gasteiger partial charge in [-0.15, -0.1) is 0 Å². The van der Waals surface area contributed by atoms with Gasteiger partial charge in [0.05, 0.1) is 5.02 Å². The molecule has 0 aliphatic rings. The van der Waals surface area contributed by atoms with Crippen molar-refractivity contribution in [3.05, 3.63) is 76.0 Å². The van der Waals surface area contributed by atoms with E-state index in [1.54, 1.807) is 54.6 Å². The summed E-state index contributed by atoms with van der Waals surface area (Å²) in [5.74, 6) is 0.0179. The summed E-state index contributed by atoms with van der Waals surface area (Å²) in [6, 6.07) is 16.7. The second kappa shape index (κ2) is 9.31. The predicted octanol–water partition coefficient (Wildman–Crippen LogP) is 5.76. The standard InChI is InChI=1S/C22H15Cl2N3O3/c1-13(28)26-16-3-5-17(6-4-16)27-22(29)14(12-25)10-18-7-9-21(30-18)19-8-2-15(23)11-20(19)24/h2-11H,1H3,(H,26,28)(H,27,29)/b14-10+. The molecule has 6 nitrogen and oxygen atoms in total. The number of amides is 2. The van der Waals surface area contributed by atoms with Gasteiger partial charge in [-0.25, -0.2) is 0 Å². The molecule has 2 N–H and O–H groups in total. The first-order valence-corrected chi connectivity index (χ1v) is 9.47. The Hall–Kier alpha value is -3.53. The Kier molecular flexibility index (Phi) is 6.58. The molecule has 0 bridgehead atoms. The lowest BCUT2D eigenvalue weighted by Crippen LogP contribution is -2.13. The molecule has 150 valence electrons. The summed E-state index contributed by atoms with van der Waals surface area (Å²) < 4.78 is 5.70. The largest absolute Gasteiger partial charge is 0.457 e. The van der Waals surface area contributed by atoms with Gasteiger partial charge < -0.3 is 15.1 Å². The van der Waals surface area contributed by atoms with E-state index in [9.17, 15) is 14.9 Å². The molecule has 0 aliphatic carbocycles. The zero-order valence-electron chi connectivity index (χ0n) is 15.7. The number of benzene rings is 2. The molecular formula is C22H15Cl2N3O3. The number of carbonyl (C=O) groups excluding carboxylic acids is 2. The minimum absolute atomic E-state index is 0.135. The normalized spacial score (nSPS) is 10.9. The first-order chi connectivity index (χ1) is 14.4. The van der Waals surface area contributed by atoms with Gasteiger partial charge >= 0.3 is 0 Å². The Balaban J connectivity index is 1.75. The van der Waals surface area contributed by atoms with Gasteiger partial charge in [0.15, 0.2) is 0 Å². The van der Waals surface area contributed by atoms with Crippen LogP contribution in [0.15, 0.2) is 64.6 Å². The van der Waals surface area contributed by atoms with Gasteiger partial charge in [-0.2, -0.15) is 5.26 Å². The maximum Gasteiger partial charge on any atom is 0.266 e. The number of nitriles is 1. The monoisotopic (exact) mass is 439 g/mol. The maximum absolute atomic E-state index is 12.4. The second-order valence-corrected chi connectivity index (χ2v) is 7.05. The third-order valence-electron chi connectivity index (χ3n) is 3.94. The molecule has 0 unspecified atom stereocenters. The summed E-state index contributed by atoms with van der Waals surface area (Å²) in [6.07, 6.45) is 1.34. The highest BCUT2D eigenvalue weighted by Crippen LogP contribution is 2.32. The number of halogens is 2. The molecular weight excluding hydrogens is 425 g/mol. The van der Waals surface area contributed by atoms with Gasteiger partial charge in [-0.05, 0) is 54.6 Å². The Morgan fingerprint density at radius 2 is 1.67 bits per heavy atom. The van der Waals surface area contributed by atoms with Gasteiger partial charge in [0, 0.05) is 35.0 Å². The topological polar surface area (TPSA) is 95.1 Å². The van der Waals surface area contributed by atoms with Crippen LogP contribution in [-0.4, -0.2) is 11.8 Å². The van der Waals surface area contributed by atoms with Crippen LogP contribution in [0.4, 0.5) is 11.4 Å². The summed E-state index contributed by atoms with van der Waals surface area (Å²) >= 11 is 12.1. The third-order valence-corrected chi connectivity index (χ3v) is 4.49. The molecule has 0 radical (unpaired) electrons. The first kappa shape index (κ1) is 21.2. The summed E-state index contributed by atoms with van der Waals surface area (Å²) in [4.78, 5) is 23.5. The van der Waals surface area contributed by atoms with Crippen molar-refractivity contribution in [3.63, 3.8) is 0 Å². The van der Waals surface area contributed by atoms with E-state index in [4.69, 9.17) is 27.6 Å². The fourth-order valence-corrected chi connectivity index (χ4v) is 3.10. The van der Waals surface area contributed by atoms with Crippen molar-refractivity contribution in [1.82, 2.24) is 0 Å². The Morgan fingerprint density at radius 3 is 2.27 bits per heavy atom. The van der Waals surface area contributed by atoms with E-state index >= 15 is 0 Å². The molecule has 2 aromatic carbocycles. The van der Waals surface area contributed by atoms with Gasteiger partial charge in [0.25, 0.3) is 5.91 Å². The van der Waals surface area contributed by atoms with Crippen molar-refractivity contribution in [2.75, 3.05) is 10.6 Å². The minimum atomic E-state index is -0.591. The molecule has 3 aromatic rings. The molecule has 8 heteroatoms. The van der Waals surface area contributed by atoms with Crippen molar-refractivity contribution >= 4 is 52.5 Å². The van der Waals surface area contributed by atoms with Gasteiger partial charge in [-0.3, -0.25) is 9.59 Å². The van der Waals surface area contributed by atoms with Gasteiger partial charge in [-0.1, -0.05) is 23.2 Å². The molecule has 3 rings (SSSR count). The van der Waals surface area contributed by atoms with Crippen LogP contribution in [-0.2, 0) is 9.59 Å². The van der Waals surface area contributed by atoms with Crippen LogP contribution in [0.3, 0.4) is 0 Å². The number of nitrogens with one attached hydrogen (secondary N) is 2. The number of anilines is 2. The number of hydrogen-bond donors (Lipinski definition) is 2. The average Bonchev–Trinajstić information content (AvgIpc) is 3.15. The molecule has 1 heterocycles. The van der Waals surface area contributed by atoms with E-state index in [-0.39, 0.29) is 11.5 Å². The third kappa shape index (κ3) is 5.29. The van der Waals surface area contributed by atoms with Crippen molar-refractivity contribution < 1.29 is 14.0 Å². The number of carbonyl (C=O) groups is 2. The van der Waals surface area contributed by atoms with Crippen LogP contribution in [0.5, 0.6) is 0 Å². The highest BCUT2D eigenvalue weighted by Gasteiger charge is 2.13. The van der Waals surface area contributed by atoms with E-state index in [1.807, 2.05) is 6.07 Å². The van der Waals surface area contributed by atoms with Crippen molar-refractivity contribution in [2.24, 2.45) is 0 Å². The summed E-state index contributed by atoms with van der Waals surface area (Å²) in [5.41, 5.74) is 1.58. The fourth-order valence-electron chi connectivity index (χ4n) is 2.59. The van der Waals surface area contributed by atoms with Crippen LogP contribution in [0.2, 0.25) is 10.0 Å². The zero-order chi connectivity index (χ0) is 21.7. The molecule has 0 atom stereocenters. The van der Waals surface area contributed by atoms with Crippen molar-refractivity contribution in [2.45, 2.75) is 6.92 Å². The second-order valence-electron chi connectivity index (χ2n) is 6.21. The SMILES string of the molecule is CC(=O)Nc1ccc(NC(=O)/C(C#N)=C/c2ccc(-c3ccc(Cl)cc3Cl)o2)cc1. The smallest absolute Gasteiger partial charge is 0.266 e. The Morgan fingerprint density at radius 1 is 1.00 bits per heavy atom. The molecule has 1 aromatic heterocycles. The maximum atomic E-state index is 12.4. The Labute approximate surface area is 182 Å². The lowest BCUT2D eigenvalue weighted by atomic mass is 10.2. The molecule has 2 amide bonds. The van der Waals surface area contributed by atoms with E-state index in [0.29, 0.717) is 38.5 Å². The van der Waals surface area contributed by atoms with Crippen LogP contribution in [0, 0.1) is 11.3 Å². The highest BCUT2D eigenvalue weighted by atomic mass is 35.5. The zero-order valence-corrected chi connectivity index (χ0v) is 17.2. The molecule has 0 fully saturated rings. The van der Waals surface area contributed by atoms with Crippen LogP contribution in [0.1, 0.15) is 12.7 Å². The van der Waals surface area contributed by atoms with Crippen LogP contribution in [0.25, 0.3) is 17.4 Å². The molecule has 30 heavy (non-hydrogen) atoms. The van der Waals surface area contributed by atoms with E-state index in [0.717, 1.165) is 0 Å². The van der Waals surface area contributed by atoms with Crippen LogP contribution < -0.4 is 10.6 Å². The predicted molar refractivity (Wildman–Crippen MR) is 117 cm³/mol. The van der Waals surface area contributed by atoms with Crippen LogP contribution >= 0.6 is 23.2 Å². The lowest BCUT2D eigenvalue weighted by Gasteiger charge is -2.06. The highest BCUT2D eigenvalue weighted by molar-refractivity contribution is 6.36. The van der Waals surface area contributed by atoms with Crippen molar-refractivity contribution in [3.8, 4) is 17.4 Å². The summed E-state index contributed by atoms with van der Waals surface area (Å²) in [6.45, 7) is 1.40. The fraction of sp³-hybridized carbons (Fsp3) is 0.0455. The quantitative estimate of drug-likeness (QED) is 0.390. The summed E-state index contributed by atoms with van der Waals surface area (Å²) in [7, 11) is 0. The average molecular weight is 440 g/mol. The number of furan rings is 1. The van der Waals surface area contributed by atoms with E-state index < -0.39 is 5.91 Å². The van der Waals surface area contributed by atoms with Gasteiger partial charge in [0.2, 0.25) is 5.91 Å². The molecule has 0 saturated heterocycles. The number of hydrogen-bond acceptors (Lipinski definition) is 4. The number of nitrogens with zero attached hydrogens (tertiary/aromatic N) is 1. The first-order valence-electron chi connectivity index (χ1n) is 8.72. The minimum Gasteiger partial charge on any atom is -0.457 e. The lowest BCUT2D eigenvalue weighted by molar-refractivity contribution is -0.114. The van der Waals surface area contributed by atoms with E-state index in [1.165, 1.54) is 13.0 Å². The molecule has 0 spiro atoms. The number of rotatable bonds is 5. The summed E-state index contributed by atoms with van der Waals surface area (Å²) in [5, 5.41) is 15.6. The van der Waals surface area contributed by atoms with Gasteiger partial charge in [0.1, 0.15) is 23.2 Å². The molecule has 0 aliphatic heterocycles. The molecule has 0 saturated carbocycles. The van der Waals surface area contributed by atoms with Crippen molar-refractivity contribution in [1.29, 1.82) is 5.26 Å². The van der Waals surface area contributed by atoms with E-state index in [2.05, 4.69) is 10.6 Å².